The van der Waals surface area contributed by atoms with E-state index in [1.807, 2.05) is 0 Å². The van der Waals surface area contributed by atoms with Crippen LogP contribution in [0.25, 0.3) is 0 Å². The zero-order chi connectivity index (χ0) is 13.7. The molecule has 2 rings (SSSR count). The Labute approximate surface area is 119 Å². The second kappa shape index (κ2) is 7.12. The predicted molar refractivity (Wildman–Crippen MR) is 84.6 cm³/mol. The lowest BCUT2D eigenvalue weighted by molar-refractivity contribution is 0.350. The summed E-state index contributed by atoms with van der Waals surface area (Å²) >= 11 is 0. The fourth-order valence-electron chi connectivity index (χ4n) is 2.92. The first-order valence-electron chi connectivity index (χ1n) is 8.29. The first-order chi connectivity index (χ1) is 9.20. The Kier molecular flexibility index (Phi) is 5.48. The smallest absolute Gasteiger partial charge is 0.0162 e. The minimum Gasteiger partial charge on any atom is -0.0654 e. The van der Waals surface area contributed by atoms with Gasteiger partial charge in [-0.25, -0.2) is 0 Å². The summed E-state index contributed by atoms with van der Waals surface area (Å²) in [5.41, 5.74) is 3.09. The molecular formula is C19H30. The molecule has 106 valence electrons. The summed E-state index contributed by atoms with van der Waals surface area (Å²) < 4.78 is 0. The van der Waals surface area contributed by atoms with Crippen molar-refractivity contribution in [3.63, 3.8) is 0 Å². The Balaban J connectivity index is 1.78. The summed E-state index contributed by atoms with van der Waals surface area (Å²) in [6.45, 7) is 7.14. The van der Waals surface area contributed by atoms with Crippen molar-refractivity contribution in [2.75, 3.05) is 0 Å². The summed E-state index contributed by atoms with van der Waals surface area (Å²) in [6, 6.07) is 9.45. The Hall–Kier alpha value is -0.780. The predicted octanol–water partition coefficient (Wildman–Crippen LogP) is 5.96. The third kappa shape index (κ3) is 4.67. The van der Waals surface area contributed by atoms with Crippen LogP contribution in [0.2, 0.25) is 0 Å². The van der Waals surface area contributed by atoms with Crippen LogP contribution >= 0.6 is 0 Å². The maximum atomic E-state index is 2.43. The van der Waals surface area contributed by atoms with Gasteiger partial charge in [-0.2, -0.15) is 0 Å². The van der Waals surface area contributed by atoms with Gasteiger partial charge in [0.15, 0.2) is 0 Å². The molecule has 0 amide bonds. The largest absolute Gasteiger partial charge is 0.0654 e. The molecule has 19 heavy (non-hydrogen) atoms. The number of rotatable bonds is 8. The molecule has 1 aromatic carbocycles. The molecule has 0 heterocycles. The Morgan fingerprint density at radius 3 is 2.26 bits per heavy atom. The molecule has 0 nitrogen and oxygen atoms in total. The van der Waals surface area contributed by atoms with Crippen molar-refractivity contribution >= 4 is 0 Å². The zero-order valence-electron chi connectivity index (χ0n) is 13.0. The lowest BCUT2D eigenvalue weighted by atomic mass is 9.86. The summed E-state index contributed by atoms with van der Waals surface area (Å²) in [5.74, 6) is 2.55. The zero-order valence-corrected chi connectivity index (χ0v) is 13.0. The monoisotopic (exact) mass is 258 g/mol. The molecule has 1 fully saturated rings. The summed E-state index contributed by atoms with van der Waals surface area (Å²) in [4.78, 5) is 0. The van der Waals surface area contributed by atoms with E-state index in [-0.39, 0.29) is 0 Å². The van der Waals surface area contributed by atoms with Crippen molar-refractivity contribution in [1.29, 1.82) is 0 Å². The molecule has 0 bridgehead atoms. The second-order valence-corrected chi connectivity index (χ2v) is 6.67. The van der Waals surface area contributed by atoms with Crippen molar-refractivity contribution in [3.8, 4) is 0 Å². The molecule has 0 radical (unpaired) electrons. The van der Waals surface area contributed by atoms with Crippen LogP contribution in [0.15, 0.2) is 24.3 Å². The molecule has 1 saturated carbocycles. The van der Waals surface area contributed by atoms with E-state index in [4.69, 9.17) is 0 Å². The van der Waals surface area contributed by atoms with E-state index in [1.54, 1.807) is 5.56 Å². The molecular weight excluding hydrogens is 228 g/mol. The molecule has 1 aromatic rings. The van der Waals surface area contributed by atoms with E-state index in [1.165, 1.54) is 50.5 Å². The first-order valence-corrected chi connectivity index (χ1v) is 8.29. The molecule has 1 aliphatic carbocycles. The molecule has 1 aliphatic rings. The number of unbranched alkanes of at least 4 members (excludes halogenated alkanes) is 2. The Morgan fingerprint density at radius 1 is 1.00 bits per heavy atom. The highest BCUT2D eigenvalue weighted by atomic mass is 14.3. The van der Waals surface area contributed by atoms with E-state index in [2.05, 4.69) is 45.0 Å². The molecule has 2 unspecified atom stereocenters. The van der Waals surface area contributed by atoms with Crippen LogP contribution in [0.3, 0.4) is 0 Å². The maximum Gasteiger partial charge on any atom is -0.0162 e. The summed E-state index contributed by atoms with van der Waals surface area (Å²) in [5, 5.41) is 0. The van der Waals surface area contributed by atoms with E-state index in [9.17, 15) is 0 Å². The van der Waals surface area contributed by atoms with Crippen LogP contribution in [0.5, 0.6) is 0 Å². The van der Waals surface area contributed by atoms with Crippen molar-refractivity contribution in [2.24, 2.45) is 11.8 Å². The van der Waals surface area contributed by atoms with E-state index >= 15 is 0 Å². The van der Waals surface area contributed by atoms with Gasteiger partial charge >= 0.3 is 0 Å². The average molecular weight is 258 g/mol. The highest BCUT2D eigenvalue weighted by molar-refractivity contribution is 5.28. The highest BCUT2D eigenvalue weighted by Crippen LogP contribution is 2.40. The van der Waals surface area contributed by atoms with Crippen LogP contribution in [0.4, 0.5) is 0 Å². The fraction of sp³-hybridized carbons (Fsp3) is 0.684. The highest BCUT2D eigenvalue weighted by Gasteiger charge is 2.23. The van der Waals surface area contributed by atoms with Gasteiger partial charge in [0.25, 0.3) is 0 Å². The van der Waals surface area contributed by atoms with Gasteiger partial charge in [-0.3, -0.25) is 0 Å². The minimum atomic E-state index is 0.809. The molecule has 0 saturated heterocycles. The van der Waals surface area contributed by atoms with Gasteiger partial charge in [0.1, 0.15) is 0 Å². The molecule has 2 atom stereocenters. The van der Waals surface area contributed by atoms with Crippen molar-refractivity contribution in [3.05, 3.63) is 35.4 Å². The van der Waals surface area contributed by atoms with Gasteiger partial charge < -0.3 is 0 Å². The molecule has 0 spiro atoms. The maximum absolute atomic E-state index is 2.43. The minimum absolute atomic E-state index is 0.809. The van der Waals surface area contributed by atoms with Crippen LogP contribution in [-0.2, 0) is 6.42 Å². The quantitative estimate of drug-likeness (QED) is 0.505. The van der Waals surface area contributed by atoms with Crippen LogP contribution in [0, 0.1) is 11.8 Å². The van der Waals surface area contributed by atoms with Crippen molar-refractivity contribution < 1.29 is 0 Å². The van der Waals surface area contributed by atoms with Gasteiger partial charge in [0.05, 0.1) is 0 Å². The van der Waals surface area contributed by atoms with E-state index < -0.39 is 0 Å². The SMILES string of the molecule is CCCCCC(C)C(C)Cc1ccc(C2CC2)cc1. The lowest BCUT2D eigenvalue weighted by Crippen LogP contribution is -2.11. The average Bonchev–Trinajstić information content (AvgIpc) is 3.24. The van der Waals surface area contributed by atoms with Crippen LogP contribution in [0.1, 0.15) is 76.3 Å². The van der Waals surface area contributed by atoms with Crippen molar-refractivity contribution in [1.82, 2.24) is 0 Å². The van der Waals surface area contributed by atoms with E-state index in [0.717, 1.165) is 17.8 Å². The molecule has 0 N–H and O–H groups in total. The summed E-state index contributed by atoms with van der Waals surface area (Å²) in [6.07, 6.45) is 9.60. The lowest BCUT2D eigenvalue weighted by Gasteiger charge is -2.20. The van der Waals surface area contributed by atoms with Gasteiger partial charge in [-0.15, -0.1) is 0 Å². The number of hydrogen-bond donors (Lipinski definition) is 0. The number of benzene rings is 1. The Bertz CT molecular complexity index is 358. The van der Waals surface area contributed by atoms with Crippen LogP contribution in [-0.4, -0.2) is 0 Å². The standard InChI is InChI=1S/C19H30/c1-4-5-6-7-15(2)16(3)14-17-8-10-18(11-9-17)19-12-13-19/h8-11,15-16,19H,4-7,12-14H2,1-3H3. The Morgan fingerprint density at radius 2 is 1.68 bits per heavy atom. The van der Waals surface area contributed by atoms with Gasteiger partial charge in [-0.1, -0.05) is 70.7 Å². The third-order valence-electron chi connectivity index (χ3n) is 4.82. The molecule has 0 aromatic heterocycles. The van der Waals surface area contributed by atoms with Gasteiger partial charge in [-0.05, 0) is 48.1 Å². The molecule has 0 heteroatoms. The van der Waals surface area contributed by atoms with E-state index in [0.29, 0.717) is 0 Å². The normalized spacial score (nSPS) is 18.3. The number of hydrogen-bond acceptors (Lipinski definition) is 0. The van der Waals surface area contributed by atoms with Gasteiger partial charge in [0.2, 0.25) is 0 Å². The first kappa shape index (κ1) is 14.6. The van der Waals surface area contributed by atoms with Crippen LogP contribution < -0.4 is 0 Å². The van der Waals surface area contributed by atoms with Gasteiger partial charge in [0, 0.05) is 0 Å². The summed E-state index contributed by atoms with van der Waals surface area (Å²) in [7, 11) is 0. The van der Waals surface area contributed by atoms with Crippen molar-refractivity contribution in [2.45, 2.75) is 71.6 Å². The topological polar surface area (TPSA) is 0 Å². The molecule has 0 aliphatic heterocycles. The third-order valence-corrected chi connectivity index (χ3v) is 4.82. The second-order valence-electron chi connectivity index (χ2n) is 6.67. The fourth-order valence-corrected chi connectivity index (χ4v) is 2.92.